The summed E-state index contributed by atoms with van der Waals surface area (Å²) in [6.07, 6.45) is 2.46. The molecule has 6 heteroatoms. The molecule has 1 aromatic carbocycles. The van der Waals surface area contributed by atoms with Gasteiger partial charge in [0.25, 0.3) is 5.91 Å². The van der Waals surface area contributed by atoms with E-state index >= 15 is 0 Å². The van der Waals surface area contributed by atoms with E-state index in [1.165, 1.54) is 0 Å². The zero-order chi connectivity index (χ0) is 15.2. The van der Waals surface area contributed by atoms with Gasteiger partial charge in [0, 0.05) is 19.8 Å². The van der Waals surface area contributed by atoms with Crippen molar-refractivity contribution < 1.29 is 14.6 Å². The minimum absolute atomic E-state index is 0.135. The molecule has 0 aromatic heterocycles. The van der Waals surface area contributed by atoms with Crippen molar-refractivity contribution in [3.8, 4) is 5.75 Å². The molecule has 112 valence electrons. The van der Waals surface area contributed by atoms with Crippen LogP contribution in [-0.4, -0.2) is 40.8 Å². The number of aromatic hydroxyl groups is 1. The number of carbonyl (C=O) groups excluding carboxylic acids is 1. The molecule has 1 aromatic rings. The average molecular weight is 306 g/mol. The predicted octanol–water partition coefficient (Wildman–Crippen LogP) is 1.88. The van der Waals surface area contributed by atoms with Crippen LogP contribution >= 0.6 is 12.2 Å². The Bertz CT molecular complexity index is 555. The Morgan fingerprint density at radius 2 is 2.10 bits per heavy atom. The third-order valence-electron chi connectivity index (χ3n) is 3.04. The first-order chi connectivity index (χ1) is 10.1. The number of nitrogens with zero attached hydrogens (tertiary/aromatic N) is 1. The maximum atomic E-state index is 12.3. The number of thiocarbonyl (C=S) groups is 1. The molecular weight excluding hydrogens is 288 g/mol. The number of phenolic OH excluding ortho intramolecular Hbond substituents is 1. The Hall–Kier alpha value is -1.92. The Morgan fingerprint density at radius 3 is 2.76 bits per heavy atom. The summed E-state index contributed by atoms with van der Waals surface area (Å²) in [6, 6.07) is 6.62. The normalized spacial score (nSPS) is 16.6. The second kappa shape index (κ2) is 7.19. The van der Waals surface area contributed by atoms with Crippen molar-refractivity contribution in [1.29, 1.82) is 0 Å². The third kappa shape index (κ3) is 4.03. The number of phenols is 1. The van der Waals surface area contributed by atoms with Crippen molar-refractivity contribution in [2.24, 2.45) is 0 Å². The van der Waals surface area contributed by atoms with Gasteiger partial charge in [-0.25, -0.2) is 0 Å². The Labute approximate surface area is 129 Å². The smallest absolute Gasteiger partial charge is 0.276 e. The van der Waals surface area contributed by atoms with Crippen molar-refractivity contribution in [3.05, 3.63) is 35.5 Å². The summed E-state index contributed by atoms with van der Waals surface area (Å²) < 4.78 is 5.26. The van der Waals surface area contributed by atoms with Gasteiger partial charge in [-0.15, -0.1) is 0 Å². The van der Waals surface area contributed by atoms with E-state index in [9.17, 15) is 9.90 Å². The van der Waals surface area contributed by atoms with Crippen LogP contribution in [0.2, 0.25) is 0 Å². The summed E-state index contributed by atoms with van der Waals surface area (Å²) in [4.78, 5) is 13.8. The molecule has 2 rings (SSSR count). The van der Waals surface area contributed by atoms with Gasteiger partial charge < -0.3 is 15.2 Å². The minimum Gasteiger partial charge on any atom is -0.508 e. The summed E-state index contributed by atoms with van der Waals surface area (Å²) in [6.45, 7) is 3.76. The highest BCUT2D eigenvalue weighted by molar-refractivity contribution is 7.80. The van der Waals surface area contributed by atoms with Gasteiger partial charge in [0.2, 0.25) is 0 Å². The molecule has 2 N–H and O–H groups in total. The summed E-state index contributed by atoms with van der Waals surface area (Å²) in [5.74, 6) is 0.0560. The van der Waals surface area contributed by atoms with Gasteiger partial charge in [-0.2, -0.15) is 0 Å². The fraction of sp³-hybridized carbons (Fsp3) is 0.333. The number of hydrogen-bond donors (Lipinski definition) is 2. The lowest BCUT2D eigenvalue weighted by molar-refractivity contribution is -0.122. The number of hydrogen-bond acceptors (Lipinski definition) is 4. The molecule has 1 amide bonds. The first-order valence-electron chi connectivity index (χ1n) is 6.83. The highest BCUT2D eigenvalue weighted by Gasteiger charge is 2.29. The number of carbonyl (C=O) groups is 1. The zero-order valence-corrected chi connectivity index (χ0v) is 12.7. The standard InChI is InChI=1S/C15H18N2O3S/c1-2-20-9-3-8-17-14(19)13(16-15(17)21)10-11-4-6-12(18)7-5-11/h4-7,10,18H,2-3,8-9H2,1H3,(H,16,21)/b13-10-. The van der Waals surface area contributed by atoms with Crippen molar-refractivity contribution in [3.63, 3.8) is 0 Å². The average Bonchev–Trinajstić information content (AvgIpc) is 2.73. The third-order valence-corrected chi connectivity index (χ3v) is 3.36. The maximum absolute atomic E-state index is 12.3. The summed E-state index contributed by atoms with van der Waals surface area (Å²) in [7, 11) is 0. The molecule has 1 saturated heterocycles. The van der Waals surface area contributed by atoms with Crippen LogP contribution in [0.4, 0.5) is 0 Å². The van der Waals surface area contributed by atoms with Crippen molar-refractivity contribution in [1.82, 2.24) is 10.2 Å². The highest BCUT2D eigenvalue weighted by atomic mass is 32.1. The van der Waals surface area contributed by atoms with E-state index in [4.69, 9.17) is 17.0 Å². The van der Waals surface area contributed by atoms with E-state index in [2.05, 4.69) is 5.32 Å². The molecule has 0 bridgehead atoms. The maximum Gasteiger partial charge on any atom is 0.276 e. The van der Waals surface area contributed by atoms with E-state index in [1.54, 1.807) is 35.2 Å². The van der Waals surface area contributed by atoms with Gasteiger partial charge in [0.15, 0.2) is 5.11 Å². The van der Waals surface area contributed by atoms with Gasteiger partial charge in [-0.05, 0) is 49.3 Å². The number of ether oxygens (including phenoxy) is 1. The molecule has 0 atom stereocenters. The number of benzene rings is 1. The van der Waals surface area contributed by atoms with Crippen LogP contribution in [0.1, 0.15) is 18.9 Å². The minimum atomic E-state index is -0.135. The lowest BCUT2D eigenvalue weighted by atomic mass is 10.2. The van der Waals surface area contributed by atoms with Crippen LogP contribution in [0.3, 0.4) is 0 Å². The van der Waals surface area contributed by atoms with Gasteiger partial charge >= 0.3 is 0 Å². The zero-order valence-electron chi connectivity index (χ0n) is 11.8. The quantitative estimate of drug-likeness (QED) is 0.477. The van der Waals surface area contributed by atoms with E-state index < -0.39 is 0 Å². The number of nitrogens with one attached hydrogen (secondary N) is 1. The van der Waals surface area contributed by atoms with Gasteiger partial charge in [-0.3, -0.25) is 9.69 Å². The van der Waals surface area contributed by atoms with E-state index in [0.29, 0.717) is 30.6 Å². The lowest BCUT2D eigenvalue weighted by Crippen LogP contribution is -2.32. The van der Waals surface area contributed by atoms with Crippen molar-refractivity contribution in [2.75, 3.05) is 19.8 Å². The largest absolute Gasteiger partial charge is 0.508 e. The lowest BCUT2D eigenvalue weighted by Gasteiger charge is -2.13. The molecule has 0 spiro atoms. The molecule has 0 aliphatic carbocycles. The summed E-state index contributed by atoms with van der Waals surface area (Å²) in [5.41, 5.74) is 1.27. The first-order valence-corrected chi connectivity index (χ1v) is 7.24. The number of amides is 1. The molecular formula is C15H18N2O3S. The molecule has 21 heavy (non-hydrogen) atoms. The van der Waals surface area contributed by atoms with Crippen LogP contribution < -0.4 is 5.32 Å². The molecule has 5 nitrogen and oxygen atoms in total. The summed E-state index contributed by atoms with van der Waals surface area (Å²) in [5, 5.41) is 12.6. The molecule has 1 fully saturated rings. The van der Waals surface area contributed by atoms with Crippen LogP contribution in [0.5, 0.6) is 5.75 Å². The van der Waals surface area contributed by atoms with Gasteiger partial charge in [0.05, 0.1) is 0 Å². The van der Waals surface area contributed by atoms with Crippen molar-refractivity contribution >= 4 is 29.3 Å². The van der Waals surface area contributed by atoms with Crippen LogP contribution in [-0.2, 0) is 9.53 Å². The fourth-order valence-corrected chi connectivity index (χ4v) is 2.27. The Morgan fingerprint density at radius 1 is 1.38 bits per heavy atom. The first kappa shape index (κ1) is 15.5. The molecule has 1 heterocycles. The van der Waals surface area contributed by atoms with E-state index in [0.717, 1.165) is 12.0 Å². The topological polar surface area (TPSA) is 61.8 Å². The molecule has 1 aliphatic rings. The fourth-order valence-electron chi connectivity index (χ4n) is 1.98. The second-order valence-corrected chi connectivity index (χ2v) is 4.97. The van der Waals surface area contributed by atoms with Crippen LogP contribution in [0.15, 0.2) is 30.0 Å². The second-order valence-electron chi connectivity index (χ2n) is 4.59. The number of rotatable bonds is 6. The van der Waals surface area contributed by atoms with Crippen LogP contribution in [0, 0.1) is 0 Å². The Balaban J connectivity index is 2.01. The highest BCUT2D eigenvalue weighted by Crippen LogP contribution is 2.16. The predicted molar refractivity (Wildman–Crippen MR) is 84.6 cm³/mol. The molecule has 0 radical (unpaired) electrons. The SMILES string of the molecule is CCOCCCN1C(=O)/C(=C/c2ccc(O)cc2)NC1=S. The molecule has 0 saturated carbocycles. The summed E-state index contributed by atoms with van der Waals surface area (Å²) >= 11 is 5.18. The monoisotopic (exact) mass is 306 g/mol. The Kier molecular flexibility index (Phi) is 5.30. The van der Waals surface area contributed by atoms with E-state index in [1.807, 2.05) is 6.92 Å². The van der Waals surface area contributed by atoms with Gasteiger partial charge in [-0.1, -0.05) is 12.1 Å². The van der Waals surface area contributed by atoms with Crippen molar-refractivity contribution in [2.45, 2.75) is 13.3 Å². The molecule has 0 unspecified atom stereocenters. The molecule has 1 aliphatic heterocycles. The van der Waals surface area contributed by atoms with Gasteiger partial charge in [0.1, 0.15) is 11.4 Å². The van der Waals surface area contributed by atoms with Crippen LogP contribution in [0.25, 0.3) is 6.08 Å². The van der Waals surface area contributed by atoms with E-state index in [-0.39, 0.29) is 11.7 Å².